The first-order valence-electron chi connectivity index (χ1n) is 10.3. The van der Waals surface area contributed by atoms with E-state index >= 15 is 0 Å². The number of benzene rings is 1. The first kappa shape index (κ1) is 22.2. The van der Waals surface area contributed by atoms with Crippen LogP contribution >= 0.6 is 11.8 Å². The molecule has 2 aromatic rings. The van der Waals surface area contributed by atoms with Crippen molar-refractivity contribution in [3.05, 3.63) is 47.2 Å². The Labute approximate surface area is 183 Å². The molecular formula is C24H29N3O2S. The maximum absolute atomic E-state index is 12.3. The molecule has 3 rings (SSSR count). The van der Waals surface area contributed by atoms with E-state index in [4.69, 9.17) is 9.72 Å². The molecule has 5 nitrogen and oxygen atoms in total. The number of aromatic nitrogens is 1. The van der Waals surface area contributed by atoms with Crippen molar-refractivity contribution >= 4 is 23.4 Å². The fourth-order valence-corrected chi connectivity index (χ4v) is 4.66. The largest absolute Gasteiger partial charge is 0.497 e. The lowest BCUT2D eigenvalue weighted by Crippen LogP contribution is -2.27. The molecule has 0 spiro atoms. The van der Waals surface area contributed by atoms with Crippen LogP contribution in [0.1, 0.15) is 50.4 Å². The van der Waals surface area contributed by atoms with Crippen LogP contribution in [-0.2, 0) is 17.6 Å². The Kier molecular flexibility index (Phi) is 7.04. The van der Waals surface area contributed by atoms with Crippen molar-refractivity contribution in [3.8, 4) is 11.8 Å². The summed E-state index contributed by atoms with van der Waals surface area (Å²) in [6.45, 7) is 6.84. The lowest BCUT2D eigenvalue weighted by molar-refractivity contribution is -0.115. The first-order valence-corrected chi connectivity index (χ1v) is 11.3. The molecule has 1 heterocycles. The van der Waals surface area contributed by atoms with Crippen LogP contribution in [0.3, 0.4) is 0 Å². The molecule has 1 atom stereocenters. The monoisotopic (exact) mass is 423 g/mol. The third-order valence-electron chi connectivity index (χ3n) is 5.62. The van der Waals surface area contributed by atoms with Gasteiger partial charge in [0.05, 0.1) is 12.7 Å². The Balaban J connectivity index is 1.60. The molecule has 0 fully saturated rings. The van der Waals surface area contributed by atoms with Gasteiger partial charge in [0, 0.05) is 29.6 Å². The number of carbonyl (C=O) groups is 1. The second-order valence-corrected chi connectivity index (χ2v) is 9.83. The van der Waals surface area contributed by atoms with Crippen molar-refractivity contribution < 1.29 is 9.53 Å². The standard InChI is InChI=1S/C24H29N3O2S/c1-24(2,3)18-8-9-21-16(13-18)12-17(15-25)23(27-21)30-11-10-22(28)26-19-6-5-7-20(14-19)29-4/h5-7,12,14,18H,8-11,13H2,1-4H3,(H,26,28). The van der Waals surface area contributed by atoms with E-state index in [0.717, 1.165) is 30.0 Å². The van der Waals surface area contributed by atoms with Gasteiger partial charge in [-0.2, -0.15) is 5.26 Å². The van der Waals surface area contributed by atoms with E-state index in [2.05, 4.69) is 32.2 Å². The highest BCUT2D eigenvalue weighted by Gasteiger charge is 2.30. The molecule has 1 aliphatic carbocycles. The zero-order chi connectivity index (χ0) is 21.7. The summed E-state index contributed by atoms with van der Waals surface area (Å²) in [6, 6.07) is 11.6. The smallest absolute Gasteiger partial charge is 0.225 e. The number of amides is 1. The van der Waals surface area contributed by atoms with Crippen molar-refractivity contribution in [2.45, 2.75) is 51.5 Å². The quantitative estimate of drug-likeness (QED) is 0.644. The van der Waals surface area contributed by atoms with Gasteiger partial charge >= 0.3 is 0 Å². The number of carbonyl (C=O) groups excluding carboxylic acids is 1. The molecule has 1 unspecified atom stereocenters. The van der Waals surface area contributed by atoms with Gasteiger partial charge in [-0.05, 0) is 54.4 Å². The van der Waals surface area contributed by atoms with Gasteiger partial charge in [-0.1, -0.05) is 26.8 Å². The summed E-state index contributed by atoms with van der Waals surface area (Å²) in [5.41, 5.74) is 3.90. The zero-order valence-corrected chi connectivity index (χ0v) is 18.9. The number of anilines is 1. The van der Waals surface area contributed by atoms with E-state index in [0.29, 0.717) is 35.1 Å². The van der Waals surface area contributed by atoms with Crippen molar-refractivity contribution in [1.82, 2.24) is 4.98 Å². The van der Waals surface area contributed by atoms with Gasteiger partial charge in [-0.15, -0.1) is 11.8 Å². The number of nitriles is 1. The SMILES string of the molecule is COc1cccc(NC(=O)CCSc2nc3c(cc2C#N)CC(C(C)(C)C)CC3)c1. The van der Waals surface area contributed by atoms with Crippen LogP contribution in [0.2, 0.25) is 0 Å². The van der Waals surface area contributed by atoms with E-state index in [-0.39, 0.29) is 11.3 Å². The van der Waals surface area contributed by atoms with Crippen LogP contribution in [0.4, 0.5) is 5.69 Å². The van der Waals surface area contributed by atoms with Gasteiger partial charge in [-0.3, -0.25) is 4.79 Å². The molecule has 0 bridgehead atoms. The normalized spacial score (nSPS) is 15.8. The van der Waals surface area contributed by atoms with E-state index in [9.17, 15) is 10.1 Å². The van der Waals surface area contributed by atoms with Gasteiger partial charge in [0.1, 0.15) is 16.8 Å². The summed E-state index contributed by atoms with van der Waals surface area (Å²) in [4.78, 5) is 17.1. The first-order chi connectivity index (χ1) is 14.3. The van der Waals surface area contributed by atoms with Crippen molar-refractivity contribution in [2.75, 3.05) is 18.2 Å². The molecule has 1 aromatic heterocycles. The maximum Gasteiger partial charge on any atom is 0.225 e. The van der Waals surface area contributed by atoms with Crippen LogP contribution < -0.4 is 10.1 Å². The zero-order valence-electron chi connectivity index (χ0n) is 18.1. The third kappa shape index (κ3) is 5.54. The number of nitrogens with one attached hydrogen (secondary N) is 1. The van der Waals surface area contributed by atoms with E-state index in [1.54, 1.807) is 13.2 Å². The minimum Gasteiger partial charge on any atom is -0.497 e. The van der Waals surface area contributed by atoms with Crippen LogP contribution in [0.25, 0.3) is 0 Å². The molecule has 1 aromatic carbocycles. The molecule has 1 amide bonds. The number of ether oxygens (including phenoxy) is 1. The summed E-state index contributed by atoms with van der Waals surface area (Å²) < 4.78 is 5.18. The van der Waals surface area contributed by atoms with Gasteiger partial charge < -0.3 is 10.1 Å². The number of hydrogen-bond acceptors (Lipinski definition) is 5. The molecular weight excluding hydrogens is 394 g/mol. The minimum absolute atomic E-state index is 0.0692. The van der Waals surface area contributed by atoms with Crippen LogP contribution in [0.5, 0.6) is 5.75 Å². The Morgan fingerprint density at radius 2 is 2.17 bits per heavy atom. The Morgan fingerprint density at radius 3 is 2.87 bits per heavy atom. The number of thioether (sulfide) groups is 1. The van der Waals surface area contributed by atoms with Crippen molar-refractivity contribution in [1.29, 1.82) is 5.26 Å². The van der Waals surface area contributed by atoms with Crippen LogP contribution in [0, 0.1) is 22.7 Å². The lowest BCUT2D eigenvalue weighted by Gasteiger charge is -2.34. The molecule has 30 heavy (non-hydrogen) atoms. The molecule has 0 saturated heterocycles. The van der Waals surface area contributed by atoms with Gasteiger partial charge in [0.15, 0.2) is 0 Å². The highest BCUT2D eigenvalue weighted by Crippen LogP contribution is 2.38. The molecule has 0 saturated carbocycles. The molecule has 0 aliphatic heterocycles. The Morgan fingerprint density at radius 1 is 1.37 bits per heavy atom. The summed E-state index contributed by atoms with van der Waals surface area (Å²) in [5, 5.41) is 13.2. The number of aryl methyl sites for hydroxylation is 1. The molecule has 158 valence electrons. The van der Waals surface area contributed by atoms with Crippen molar-refractivity contribution in [3.63, 3.8) is 0 Å². The number of hydrogen-bond donors (Lipinski definition) is 1. The number of methoxy groups -OCH3 is 1. The highest BCUT2D eigenvalue weighted by atomic mass is 32.2. The van der Waals surface area contributed by atoms with Gasteiger partial charge in [-0.25, -0.2) is 4.98 Å². The van der Waals surface area contributed by atoms with Crippen LogP contribution in [0.15, 0.2) is 35.4 Å². The lowest BCUT2D eigenvalue weighted by atomic mass is 9.71. The minimum atomic E-state index is -0.0692. The van der Waals surface area contributed by atoms with Crippen LogP contribution in [-0.4, -0.2) is 23.8 Å². The number of pyridine rings is 1. The number of rotatable bonds is 6. The Hall–Kier alpha value is -2.52. The van der Waals surface area contributed by atoms with Gasteiger partial charge in [0.2, 0.25) is 5.91 Å². The average Bonchev–Trinajstić information content (AvgIpc) is 2.72. The summed E-state index contributed by atoms with van der Waals surface area (Å²) in [6.07, 6.45) is 3.40. The molecule has 1 aliphatic rings. The van der Waals surface area contributed by atoms with Gasteiger partial charge in [0.25, 0.3) is 0 Å². The number of fused-ring (bicyclic) bond motifs is 1. The number of nitrogens with zero attached hydrogens (tertiary/aromatic N) is 2. The van der Waals surface area contributed by atoms with E-state index in [1.807, 2.05) is 24.3 Å². The van der Waals surface area contributed by atoms with E-state index < -0.39 is 0 Å². The second kappa shape index (κ2) is 9.53. The predicted octanol–water partition coefficient (Wildman–Crippen LogP) is 5.23. The van der Waals surface area contributed by atoms with Crippen molar-refractivity contribution in [2.24, 2.45) is 11.3 Å². The summed E-state index contributed by atoms with van der Waals surface area (Å²) in [7, 11) is 1.60. The topological polar surface area (TPSA) is 75.0 Å². The predicted molar refractivity (Wildman–Crippen MR) is 121 cm³/mol. The highest BCUT2D eigenvalue weighted by molar-refractivity contribution is 7.99. The molecule has 0 radical (unpaired) electrons. The van der Waals surface area contributed by atoms with E-state index in [1.165, 1.54) is 17.3 Å². The maximum atomic E-state index is 12.3. The second-order valence-electron chi connectivity index (χ2n) is 8.74. The fourth-order valence-electron chi connectivity index (χ4n) is 3.74. The molecule has 6 heteroatoms. The summed E-state index contributed by atoms with van der Waals surface area (Å²) in [5.74, 6) is 1.81. The molecule has 1 N–H and O–H groups in total. The Bertz CT molecular complexity index is 960. The fraction of sp³-hybridized carbons (Fsp3) is 0.458. The average molecular weight is 424 g/mol. The summed E-state index contributed by atoms with van der Waals surface area (Å²) >= 11 is 1.48. The third-order valence-corrected chi connectivity index (χ3v) is 6.61.